The number of aliphatic hydroxyl groups excluding tert-OH is 1. The zero-order chi connectivity index (χ0) is 12.2. The van der Waals surface area contributed by atoms with Crippen LogP contribution in [0.2, 0.25) is 0 Å². The van der Waals surface area contributed by atoms with E-state index in [9.17, 15) is 18.3 Å². The lowest BCUT2D eigenvalue weighted by atomic mass is 9.97. The fourth-order valence-electron chi connectivity index (χ4n) is 2.35. The van der Waals surface area contributed by atoms with Gasteiger partial charge in [-0.3, -0.25) is 4.90 Å². The first-order valence-corrected chi connectivity index (χ1v) is 5.82. The van der Waals surface area contributed by atoms with Crippen LogP contribution in [0.3, 0.4) is 0 Å². The molecule has 16 heavy (non-hydrogen) atoms. The molecular formula is C11H20F3NO. The van der Waals surface area contributed by atoms with Crippen molar-refractivity contribution in [3.05, 3.63) is 0 Å². The van der Waals surface area contributed by atoms with E-state index >= 15 is 0 Å². The van der Waals surface area contributed by atoms with E-state index in [2.05, 4.69) is 0 Å². The molecule has 0 spiro atoms. The minimum atomic E-state index is -4.15. The third kappa shape index (κ3) is 5.16. The molecule has 0 saturated heterocycles. The molecule has 1 saturated carbocycles. The van der Waals surface area contributed by atoms with Gasteiger partial charge in [-0.1, -0.05) is 19.3 Å². The Labute approximate surface area is 94.4 Å². The Morgan fingerprint density at radius 2 is 1.81 bits per heavy atom. The summed E-state index contributed by atoms with van der Waals surface area (Å²) < 4.78 is 36.4. The highest BCUT2D eigenvalue weighted by Crippen LogP contribution is 2.25. The van der Waals surface area contributed by atoms with E-state index in [1.54, 1.807) is 0 Å². The summed E-state index contributed by atoms with van der Waals surface area (Å²) in [5.74, 6) is -0.00477. The van der Waals surface area contributed by atoms with Crippen LogP contribution in [-0.2, 0) is 0 Å². The molecule has 5 heteroatoms. The van der Waals surface area contributed by atoms with Gasteiger partial charge < -0.3 is 5.11 Å². The molecule has 0 aromatic rings. The third-order valence-electron chi connectivity index (χ3n) is 3.11. The lowest BCUT2D eigenvalue weighted by Crippen LogP contribution is -2.37. The molecule has 1 aliphatic carbocycles. The van der Waals surface area contributed by atoms with Crippen LogP contribution in [-0.4, -0.2) is 42.4 Å². The zero-order valence-corrected chi connectivity index (χ0v) is 9.63. The molecule has 96 valence electrons. The van der Waals surface area contributed by atoms with Crippen LogP contribution in [0.4, 0.5) is 13.2 Å². The number of nitrogens with zero attached hydrogens (tertiary/aromatic N) is 1. The molecule has 2 atom stereocenters. The summed E-state index contributed by atoms with van der Waals surface area (Å²) in [6.45, 7) is -0.559. The molecular weight excluding hydrogens is 219 g/mol. The smallest absolute Gasteiger partial charge is 0.393 e. The van der Waals surface area contributed by atoms with Crippen molar-refractivity contribution < 1.29 is 18.3 Å². The first-order valence-electron chi connectivity index (χ1n) is 5.82. The number of hydrogen-bond donors (Lipinski definition) is 1. The van der Waals surface area contributed by atoms with Gasteiger partial charge in [-0.2, -0.15) is 13.2 Å². The second-order valence-electron chi connectivity index (χ2n) is 4.78. The van der Waals surface area contributed by atoms with E-state index in [1.165, 1.54) is 11.9 Å². The minimum absolute atomic E-state index is 0.00477. The molecule has 0 heterocycles. The normalized spacial score (nSPS) is 28.1. The van der Waals surface area contributed by atoms with Gasteiger partial charge in [-0.05, 0) is 25.8 Å². The Morgan fingerprint density at radius 3 is 2.44 bits per heavy atom. The van der Waals surface area contributed by atoms with Crippen molar-refractivity contribution in [2.24, 2.45) is 5.92 Å². The van der Waals surface area contributed by atoms with Crippen LogP contribution >= 0.6 is 0 Å². The third-order valence-corrected chi connectivity index (χ3v) is 3.11. The Hall–Kier alpha value is -0.290. The van der Waals surface area contributed by atoms with Crippen LogP contribution in [0.5, 0.6) is 0 Å². The maximum absolute atomic E-state index is 12.1. The number of aliphatic hydroxyl groups is 1. The van der Waals surface area contributed by atoms with Gasteiger partial charge in [-0.25, -0.2) is 0 Å². The SMILES string of the molecule is CN(CC1CCCCCC1O)CC(F)(F)F. The van der Waals surface area contributed by atoms with Gasteiger partial charge in [0.15, 0.2) is 0 Å². The van der Waals surface area contributed by atoms with Gasteiger partial charge in [-0.15, -0.1) is 0 Å². The maximum Gasteiger partial charge on any atom is 0.401 e. The lowest BCUT2D eigenvalue weighted by molar-refractivity contribution is -0.145. The van der Waals surface area contributed by atoms with Gasteiger partial charge in [0.25, 0.3) is 0 Å². The van der Waals surface area contributed by atoms with E-state index in [-0.39, 0.29) is 5.92 Å². The average molecular weight is 239 g/mol. The van der Waals surface area contributed by atoms with E-state index < -0.39 is 18.8 Å². The summed E-state index contributed by atoms with van der Waals surface area (Å²) in [4.78, 5) is 1.26. The molecule has 1 fully saturated rings. The van der Waals surface area contributed by atoms with E-state index in [0.717, 1.165) is 32.1 Å². The van der Waals surface area contributed by atoms with E-state index in [0.29, 0.717) is 6.54 Å². The Morgan fingerprint density at radius 1 is 1.19 bits per heavy atom. The first kappa shape index (κ1) is 13.8. The summed E-state index contributed by atoms with van der Waals surface area (Å²) in [6, 6.07) is 0. The number of alkyl halides is 3. The van der Waals surface area contributed by atoms with Crippen molar-refractivity contribution >= 4 is 0 Å². The van der Waals surface area contributed by atoms with Gasteiger partial charge >= 0.3 is 6.18 Å². The molecule has 0 bridgehead atoms. The van der Waals surface area contributed by atoms with Gasteiger partial charge in [0.2, 0.25) is 0 Å². The van der Waals surface area contributed by atoms with Crippen LogP contribution in [0, 0.1) is 5.92 Å². The second kappa shape index (κ2) is 5.87. The quantitative estimate of drug-likeness (QED) is 0.764. The summed E-state index contributed by atoms with van der Waals surface area (Å²) >= 11 is 0. The standard InChI is InChI=1S/C11H20F3NO/c1-15(8-11(12,13)14)7-9-5-3-2-4-6-10(9)16/h9-10,16H,2-8H2,1H3. The predicted molar refractivity (Wildman–Crippen MR) is 56.1 cm³/mol. The minimum Gasteiger partial charge on any atom is -0.393 e. The summed E-state index contributed by atoms with van der Waals surface area (Å²) in [5, 5.41) is 9.79. The number of rotatable bonds is 3. The fraction of sp³-hybridized carbons (Fsp3) is 1.00. The van der Waals surface area contributed by atoms with Crippen molar-refractivity contribution in [1.29, 1.82) is 0 Å². The molecule has 0 aromatic carbocycles. The molecule has 0 radical (unpaired) electrons. The van der Waals surface area contributed by atoms with Gasteiger partial charge in [0.05, 0.1) is 12.6 Å². The molecule has 1 N–H and O–H groups in total. The topological polar surface area (TPSA) is 23.5 Å². The Kier molecular flexibility index (Phi) is 5.05. The van der Waals surface area contributed by atoms with Crippen LogP contribution in [0.1, 0.15) is 32.1 Å². The molecule has 1 aliphatic rings. The second-order valence-corrected chi connectivity index (χ2v) is 4.78. The Balaban J connectivity index is 2.39. The number of halogens is 3. The maximum atomic E-state index is 12.1. The van der Waals surface area contributed by atoms with Crippen LogP contribution in [0.15, 0.2) is 0 Å². The molecule has 0 aliphatic heterocycles. The highest BCUT2D eigenvalue weighted by atomic mass is 19.4. The molecule has 0 aromatic heterocycles. The largest absolute Gasteiger partial charge is 0.401 e. The highest BCUT2D eigenvalue weighted by molar-refractivity contribution is 4.76. The van der Waals surface area contributed by atoms with E-state index in [4.69, 9.17) is 0 Å². The lowest BCUT2D eigenvalue weighted by Gasteiger charge is -2.26. The predicted octanol–water partition coefficient (Wildman–Crippen LogP) is 2.42. The Bertz CT molecular complexity index is 208. The summed E-state index contributed by atoms with van der Waals surface area (Å²) in [6.07, 6.45) is 0.0649. The highest BCUT2D eigenvalue weighted by Gasteiger charge is 2.31. The van der Waals surface area contributed by atoms with E-state index in [1.807, 2.05) is 0 Å². The molecule has 1 rings (SSSR count). The van der Waals surface area contributed by atoms with Gasteiger partial charge in [0.1, 0.15) is 0 Å². The van der Waals surface area contributed by atoms with Crippen LogP contribution in [0.25, 0.3) is 0 Å². The molecule has 2 nitrogen and oxygen atoms in total. The van der Waals surface area contributed by atoms with Crippen molar-refractivity contribution in [2.75, 3.05) is 20.1 Å². The van der Waals surface area contributed by atoms with Crippen molar-refractivity contribution in [3.8, 4) is 0 Å². The summed E-state index contributed by atoms with van der Waals surface area (Å²) in [5.41, 5.74) is 0. The van der Waals surface area contributed by atoms with Crippen LogP contribution < -0.4 is 0 Å². The number of hydrogen-bond acceptors (Lipinski definition) is 2. The monoisotopic (exact) mass is 239 g/mol. The molecule has 0 amide bonds. The average Bonchev–Trinajstić information content (AvgIpc) is 2.29. The fourth-order valence-corrected chi connectivity index (χ4v) is 2.35. The van der Waals surface area contributed by atoms with Gasteiger partial charge in [0, 0.05) is 6.54 Å². The van der Waals surface area contributed by atoms with Crippen molar-refractivity contribution in [2.45, 2.75) is 44.4 Å². The molecule has 2 unspecified atom stereocenters. The van der Waals surface area contributed by atoms with Crippen molar-refractivity contribution in [1.82, 2.24) is 4.90 Å². The first-order chi connectivity index (χ1) is 7.38. The van der Waals surface area contributed by atoms with Crippen molar-refractivity contribution in [3.63, 3.8) is 0 Å². The zero-order valence-electron chi connectivity index (χ0n) is 9.63. The summed E-state index contributed by atoms with van der Waals surface area (Å²) in [7, 11) is 1.46.